The lowest BCUT2D eigenvalue weighted by Crippen LogP contribution is -2.24. The lowest BCUT2D eigenvalue weighted by molar-refractivity contribution is 0.0167. The van der Waals surface area contributed by atoms with Gasteiger partial charge < -0.3 is 9.72 Å². The summed E-state index contributed by atoms with van der Waals surface area (Å²) >= 11 is 0. The summed E-state index contributed by atoms with van der Waals surface area (Å²) in [4.78, 5) is 29.1. The highest BCUT2D eigenvalue weighted by Crippen LogP contribution is 2.36. The van der Waals surface area contributed by atoms with Crippen LogP contribution in [0.15, 0.2) is 24.3 Å². The fraction of sp³-hybridized carbons (Fsp3) is 0.556. The number of hydrogen-bond acceptors (Lipinski definition) is 3. The maximum atomic E-state index is 13.0. The van der Waals surface area contributed by atoms with Gasteiger partial charge in [0.05, 0.1) is 0 Å². The fourth-order valence-electron chi connectivity index (χ4n) is 5.09. The van der Waals surface area contributed by atoms with E-state index in [-0.39, 0.29) is 29.2 Å². The van der Waals surface area contributed by atoms with Crippen molar-refractivity contribution >= 4 is 11.8 Å². The topological polar surface area (TPSA) is 59.2 Å². The van der Waals surface area contributed by atoms with E-state index < -0.39 is 0 Å². The van der Waals surface area contributed by atoms with Crippen LogP contribution in [0.5, 0.6) is 0 Å². The van der Waals surface area contributed by atoms with Crippen molar-refractivity contribution < 1.29 is 14.3 Å². The van der Waals surface area contributed by atoms with Crippen molar-refractivity contribution in [3.63, 3.8) is 0 Å². The molecule has 31 heavy (non-hydrogen) atoms. The van der Waals surface area contributed by atoms with Crippen LogP contribution in [-0.4, -0.2) is 22.8 Å². The highest BCUT2D eigenvalue weighted by atomic mass is 16.5. The molecule has 1 heterocycles. The third-order valence-electron chi connectivity index (χ3n) is 7.18. The number of rotatable bonds is 3. The number of Topliss-reactive ketones (excluding diaryl/α,β-unsaturated/α-hetero) is 1. The first-order valence-electron chi connectivity index (χ1n) is 11.7. The van der Waals surface area contributed by atoms with Gasteiger partial charge in [-0.2, -0.15) is 0 Å². The van der Waals surface area contributed by atoms with Gasteiger partial charge in [-0.1, -0.05) is 52.0 Å². The number of ketones is 1. The summed E-state index contributed by atoms with van der Waals surface area (Å²) < 4.78 is 5.79. The van der Waals surface area contributed by atoms with Gasteiger partial charge in [0, 0.05) is 17.7 Å². The quantitative estimate of drug-likeness (QED) is 0.594. The summed E-state index contributed by atoms with van der Waals surface area (Å²) in [6, 6.07) is 8.64. The van der Waals surface area contributed by atoms with Crippen LogP contribution in [-0.2, 0) is 16.6 Å². The van der Waals surface area contributed by atoms with Crippen LogP contribution in [0.2, 0.25) is 0 Å². The van der Waals surface area contributed by atoms with E-state index in [4.69, 9.17) is 4.74 Å². The van der Waals surface area contributed by atoms with E-state index in [0.717, 1.165) is 43.4 Å². The number of aromatic amines is 1. The lowest BCUT2D eigenvalue weighted by atomic mass is 9.80. The summed E-state index contributed by atoms with van der Waals surface area (Å²) in [5.74, 6) is 0.646. The minimum atomic E-state index is -0.315. The highest BCUT2D eigenvalue weighted by Gasteiger charge is 2.33. The number of H-pyrrole nitrogens is 1. The third kappa shape index (κ3) is 4.49. The molecule has 2 aromatic rings. The second-order valence-electron chi connectivity index (χ2n) is 10.7. The van der Waals surface area contributed by atoms with Crippen LogP contribution < -0.4 is 0 Å². The molecule has 1 fully saturated rings. The molecule has 1 unspecified atom stereocenters. The third-order valence-corrected chi connectivity index (χ3v) is 7.18. The Labute approximate surface area is 185 Å². The molecule has 1 atom stereocenters. The van der Waals surface area contributed by atoms with Crippen molar-refractivity contribution in [1.82, 2.24) is 4.98 Å². The maximum Gasteiger partial charge on any atom is 0.355 e. The molecule has 4 heteroatoms. The SMILES string of the molecule is Cc1c(C(=O)OC2CCC(C)CC2)[nH]c2c1C(=O)CC(c1ccc(C(C)(C)C)cc1)C2. The summed E-state index contributed by atoms with van der Waals surface area (Å²) in [5.41, 5.74) is 5.36. The Morgan fingerprint density at radius 3 is 2.29 bits per heavy atom. The second kappa shape index (κ2) is 8.29. The molecule has 166 valence electrons. The number of aromatic nitrogens is 1. The molecule has 1 N–H and O–H groups in total. The Kier molecular flexibility index (Phi) is 5.85. The standard InChI is InChI=1S/C27H35NO3/c1-16-6-12-21(13-7-16)31-26(30)25-17(2)24-22(28-25)14-19(15-23(24)29)18-8-10-20(11-9-18)27(3,4)5/h8-11,16,19,21,28H,6-7,12-15H2,1-5H3. The van der Waals surface area contributed by atoms with Gasteiger partial charge in [-0.25, -0.2) is 4.79 Å². The maximum absolute atomic E-state index is 13.0. The van der Waals surface area contributed by atoms with Gasteiger partial charge in [0.1, 0.15) is 11.8 Å². The second-order valence-corrected chi connectivity index (χ2v) is 10.7. The number of esters is 1. The zero-order valence-electron chi connectivity index (χ0n) is 19.5. The van der Waals surface area contributed by atoms with Crippen molar-refractivity contribution in [2.24, 2.45) is 5.92 Å². The van der Waals surface area contributed by atoms with E-state index in [1.54, 1.807) is 0 Å². The molecule has 2 aliphatic carbocycles. The largest absolute Gasteiger partial charge is 0.458 e. The first kappa shape index (κ1) is 21.9. The summed E-state index contributed by atoms with van der Waals surface area (Å²) in [6.07, 6.45) is 5.28. The van der Waals surface area contributed by atoms with Crippen LogP contribution in [0.3, 0.4) is 0 Å². The highest BCUT2D eigenvalue weighted by molar-refractivity contribution is 6.03. The molecule has 0 spiro atoms. The van der Waals surface area contributed by atoms with Crippen LogP contribution >= 0.6 is 0 Å². The lowest BCUT2D eigenvalue weighted by Gasteiger charge is -2.25. The minimum absolute atomic E-state index is 0.00629. The Morgan fingerprint density at radius 2 is 1.68 bits per heavy atom. The average Bonchev–Trinajstić information content (AvgIpc) is 3.06. The van der Waals surface area contributed by atoms with Gasteiger partial charge in [-0.05, 0) is 73.0 Å². The predicted molar refractivity (Wildman–Crippen MR) is 123 cm³/mol. The van der Waals surface area contributed by atoms with E-state index in [2.05, 4.69) is 56.9 Å². The van der Waals surface area contributed by atoms with E-state index in [0.29, 0.717) is 23.6 Å². The number of benzene rings is 1. The number of carbonyl (C=O) groups is 2. The average molecular weight is 422 g/mol. The molecule has 0 radical (unpaired) electrons. The summed E-state index contributed by atoms with van der Waals surface area (Å²) in [5, 5.41) is 0. The smallest absolute Gasteiger partial charge is 0.355 e. The van der Waals surface area contributed by atoms with Gasteiger partial charge >= 0.3 is 5.97 Å². The van der Waals surface area contributed by atoms with Gasteiger partial charge in [-0.3, -0.25) is 4.79 Å². The number of ether oxygens (including phenoxy) is 1. The normalized spacial score (nSPS) is 24.0. The molecule has 2 aliphatic rings. The van der Waals surface area contributed by atoms with Crippen molar-refractivity contribution in [3.8, 4) is 0 Å². The summed E-state index contributed by atoms with van der Waals surface area (Å²) in [6.45, 7) is 10.7. The van der Waals surface area contributed by atoms with Crippen molar-refractivity contribution in [2.75, 3.05) is 0 Å². The minimum Gasteiger partial charge on any atom is -0.458 e. The van der Waals surface area contributed by atoms with E-state index >= 15 is 0 Å². The molecule has 0 saturated heterocycles. The molecule has 4 rings (SSSR count). The Hall–Kier alpha value is -2.36. The molecule has 1 aromatic carbocycles. The Morgan fingerprint density at radius 1 is 1.03 bits per heavy atom. The summed E-state index contributed by atoms with van der Waals surface area (Å²) in [7, 11) is 0. The molecule has 1 aromatic heterocycles. The molecule has 0 bridgehead atoms. The predicted octanol–water partition coefficient (Wildman–Crippen LogP) is 6.27. The number of hydrogen-bond donors (Lipinski definition) is 1. The van der Waals surface area contributed by atoms with Crippen LogP contribution in [0, 0.1) is 12.8 Å². The van der Waals surface area contributed by atoms with Crippen LogP contribution in [0.1, 0.15) is 109 Å². The Balaban J connectivity index is 1.52. The van der Waals surface area contributed by atoms with Gasteiger partial charge in [0.2, 0.25) is 0 Å². The number of carbonyl (C=O) groups excluding carboxylic acids is 2. The van der Waals surface area contributed by atoms with Crippen molar-refractivity contribution in [3.05, 3.63) is 57.9 Å². The number of fused-ring (bicyclic) bond motifs is 1. The van der Waals surface area contributed by atoms with Crippen molar-refractivity contribution in [1.29, 1.82) is 0 Å². The fourth-order valence-corrected chi connectivity index (χ4v) is 5.09. The first-order chi connectivity index (χ1) is 14.6. The molecule has 0 amide bonds. The number of nitrogens with one attached hydrogen (secondary N) is 1. The van der Waals surface area contributed by atoms with Crippen LogP contribution in [0.25, 0.3) is 0 Å². The van der Waals surface area contributed by atoms with E-state index in [1.807, 2.05) is 6.92 Å². The molecular formula is C27H35NO3. The van der Waals surface area contributed by atoms with Crippen LogP contribution in [0.4, 0.5) is 0 Å². The first-order valence-corrected chi connectivity index (χ1v) is 11.7. The molecule has 4 nitrogen and oxygen atoms in total. The van der Waals surface area contributed by atoms with E-state index in [9.17, 15) is 9.59 Å². The van der Waals surface area contributed by atoms with Gasteiger partial charge in [0.25, 0.3) is 0 Å². The van der Waals surface area contributed by atoms with Gasteiger partial charge in [0.15, 0.2) is 5.78 Å². The molecule has 0 aliphatic heterocycles. The van der Waals surface area contributed by atoms with Crippen molar-refractivity contribution in [2.45, 2.75) is 90.6 Å². The molecular weight excluding hydrogens is 386 g/mol. The van der Waals surface area contributed by atoms with Gasteiger partial charge in [-0.15, -0.1) is 0 Å². The zero-order valence-corrected chi connectivity index (χ0v) is 19.5. The molecule has 1 saturated carbocycles. The van der Waals surface area contributed by atoms with E-state index in [1.165, 1.54) is 11.1 Å². The zero-order chi connectivity index (χ0) is 22.3. The Bertz CT molecular complexity index is 969. The monoisotopic (exact) mass is 421 g/mol.